The van der Waals surface area contributed by atoms with E-state index >= 15 is 0 Å². The fourth-order valence-electron chi connectivity index (χ4n) is 2.47. The zero-order valence-electron chi connectivity index (χ0n) is 12.6. The van der Waals surface area contributed by atoms with Crippen molar-refractivity contribution in [1.82, 2.24) is 20.3 Å². The van der Waals surface area contributed by atoms with Gasteiger partial charge in [0.15, 0.2) is 5.82 Å². The molecule has 20 heavy (non-hydrogen) atoms. The van der Waals surface area contributed by atoms with Gasteiger partial charge in [0.25, 0.3) is 0 Å². The molecule has 2 rings (SSSR count). The van der Waals surface area contributed by atoms with Crippen LogP contribution in [0.25, 0.3) is 10.7 Å². The Kier molecular flexibility index (Phi) is 5.20. The van der Waals surface area contributed by atoms with Crippen LogP contribution in [0.5, 0.6) is 0 Å². The number of aromatic nitrogens is 3. The van der Waals surface area contributed by atoms with Crippen LogP contribution in [0.2, 0.25) is 0 Å². The lowest BCUT2D eigenvalue weighted by molar-refractivity contribution is 0.601. The second-order valence-electron chi connectivity index (χ2n) is 5.10. The van der Waals surface area contributed by atoms with Gasteiger partial charge in [0.05, 0.1) is 10.4 Å². The lowest BCUT2D eigenvalue weighted by Crippen LogP contribution is -2.22. The molecule has 2 aromatic heterocycles. The van der Waals surface area contributed by atoms with E-state index in [0.29, 0.717) is 5.92 Å². The van der Waals surface area contributed by atoms with E-state index in [-0.39, 0.29) is 0 Å². The molecule has 1 unspecified atom stereocenters. The van der Waals surface area contributed by atoms with Crippen molar-refractivity contribution in [3.05, 3.63) is 28.7 Å². The van der Waals surface area contributed by atoms with Crippen LogP contribution < -0.4 is 5.32 Å². The SMILES string of the molecule is CCCNCC(C)c1c(C)nc(-c2cncs2)nc1C. The predicted octanol–water partition coefficient (Wildman–Crippen LogP) is 3.32. The molecule has 0 aliphatic rings. The van der Waals surface area contributed by atoms with Crippen LogP contribution in [0.1, 0.15) is 43.1 Å². The van der Waals surface area contributed by atoms with E-state index in [0.717, 1.165) is 41.6 Å². The Morgan fingerprint density at radius 2 is 1.95 bits per heavy atom. The highest BCUT2D eigenvalue weighted by Crippen LogP contribution is 2.25. The molecule has 108 valence electrons. The van der Waals surface area contributed by atoms with Gasteiger partial charge < -0.3 is 5.32 Å². The number of rotatable bonds is 6. The van der Waals surface area contributed by atoms with Crippen molar-refractivity contribution < 1.29 is 0 Å². The number of thiazole rings is 1. The van der Waals surface area contributed by atoms with E-state index in [2.05, 4.69) is 48.0 Å². The molecule has 0 aliphatic carbocycles. The second kappa shape index (κ2) is 6.90. The van der Waals surface area contributed by atoms with Crippen molar-refractivity contribution in [1.29, 1.82) is 0 Å². The molecule has 0 spiro atoms. The van der Waals surface area contributed by atoms with E-state index in [9.17, 15) is 0 Å². The summed E-state index contributed by atoms with van der Waals surface area (Å²) in [5.74, 6) is 1.22. The number of hydrogen-bond donors (Lipinski definition) is 1. The van der Waals surface area contributed by atoms with E-state index in [1.165, 1.54) is 5.56 Å². The highest BCUT2D eigenvalue weighted by Gasteiger charge is 2.16. The molecule has 0 saturated carbocycles. The third-order valence-electron chi connectivity index (χ3n) is 3.35. The lowest BCUT2D eigenvalue weighted by Gasteiger charge is -2.17. The molecule has 0 radical (unpaired) electrons. The van der Waals surface area contributed by atoms with Gasteiger partial charge in [-0.25, -0.2) is 9.97 Å². The van der Waals surface area contributed by atoms with Crippen LogP contribution in [-0.2, 0) is 0 Å². The molecule has 0 bridgehead atoms. The average Bonchev–Trinajstić information content (AvgIpc) is 2.92. The van der Waals surface area contributed by atoms with Gasteiger partial charge in [-0.15, -0.1) is 11.3 Å². The first kappa shape index (κ1) is 15.1. The Balaban J connectivity index is 2.22. The number of nitrogens with zero attached hydrogens (tertiary/aromatic N) is 3. The molecule has 0 aromatic carbocycles. The van der Waals surface area contributed by atoms with Gasteiger partial charge in [0, 0.05) is 24.1 Å². The van der Waals surface area contributed by atoms with Crippen LogP contribution >= 0.6 is 11.3 Å². The summed E-state index contributed by atoms with van der Waals surface area (Å²) in [5.41, 5.74) is 5.23. The smallest absolute Gasteiger partial charge is 0.171 e. The fourth-order valence-corrected chi connectivity index (χ4v) is 3.03. The van der Waals surface area contributed by atoms with Crippen molar-refractivity contribution in [3.8, 4) is 10.7 Å². The Morgan fingerprint density at radius 1 is 1.25 bits per heavy atom. The van der Waals surface area contributed by atoms with Gasteiger partial charge in [0.2, 0.25) is 0 Å². The number of hydrogen-bond acceptors (Lipinski definition) is 5. The number of aryl methyl sites for hydroxylation is 2. The van der Waals surface area contributed by atoms with Gasteiger partial charge in [-0.3, -0.25) is 4.98 Å². The maximum atomic E-state index is 4.66. The number of nitrogens with one attached hydrogen (secondary N) is 1. The second-order valence-corrected chi connectivity index (χ2v) is 5.99. The molecule has 5 heteroatoms. The molecule has 0 saturated heterocycles. The molecular formula is C15H22N4S. The van der Waals surface area contributed by atoms with Crippen LogP contribution in [0.3, 0.4) is 0 Å². The quantitative estimate of drug-likeness (QED) is 0.829. The van der Waals surface area contributed by atoms with Crippen molar-refractivity contribution in [3.63, 3.8) is 0 Å². The highest BCUT2D eigenvalue weighted by atomic mass is 32.1. The maximum absolute atomic E-state index is 4.66. The summed E-state index contributed by atoms with van der Waals surface area (Å²) in [4.78, 5) is 14.4. The van der Waals surface area contributed by atoms with E-state index in [4.69, 9.17) is 0 Å². The Morgan fingerprint density at radius 3 is 2.50 bits per heavy atom. The zero-order valence-corrected chi connectivity index (χ0v) is 13.4. The molecule has 0 fully saturated rings. The third-order valence-corrected chi connectivity index (χ3v) is 4.12. The van der Waals surface area contributed by atoms with Gasteiger partial charge in [0.1, 0.15) is 0 Å². The summed E-state index contributed by atoms with van der Waals surface area (Å²) in [6.45, 7) is 10.6. The molecule has 4 nitrogen and oxygen atoms in total. The predicted molar refractivity (Wildman–Crippen MR) is 84.2 cm³/mol. The van der Waals surface area contributed by atoms with E-state index in [1.54, 1.807) is 11.3 Å². The van der Waals surface area contributed by atoms with Crippen LogP contribution in [-0.4, -0.2) is 28.0 Å². The van der Waals surface area contributed by atoms with Crippen molar-refractivity contribution in [2.75, 3.05) is 13.1 Å². The zero-order chi connectivity index (χ0) is 14.5. The van der Waals surface area contributed by atoms with Gasteiger partial charge in [-0.1, -0.05) is 13.8 Å². The lowest BCUT2D eigenvalue weighted by atomic mass is 9.98. The highest BCUT2D eigenvalue weighted by molar-refractivity contribution is 7.13. The van der Waals surface area contributed by atoms with Crippen LogP contribution in [0.15, 0.2) is 11.7 Å². The monoisotopic (exact) mass is 290 g/mol. The summed E-state index contributed by atoms with van der Waals surface area (Å²) in [7, 11) is 0. The Labute approximate surface area is 124 Å². The topological polar surface area (TPSA) is 50.7 Å². The first-order valence-corrected chi connectivity index (χ1v) is 7.96. The minimum Gasteiger partial charge on any atom is -0.316 e. The van der Waals surface area contributed by atoms with Crippen molar-refractivity contribution >= 4 is 11.3 Å². The van der Waals surface area contributed by atoms with Gasteiger partial charge in [-0.2, -0.15) is 0 Å². The average molecular weight is 290 g/mol. The van der Waals surface area contributed by atoms with Crippen LogP contribution in [0.4, 0.5) is 0 Å². The Bertz CT molecular complexity index is 528. The third kappa shape index (κ3) is 3.41. The fraction of sp³-hybridized carbons (Fsp3) is 0.533. The van der Waals surface area contributed by atoms with Crippen molar-refractivity contribution in [2.45, 2.75) is 40.0 Å². The Hall–Kier alpha value is -1.33. The standard InChI is InChI=1S/C15H22N4S/c1-5-6-16-7-10(2)14-11(3)18-15(19-12(14)4)13-8-17-9-20-13/h8-10,16H,5-7H2,1-4H3. The van der Waals surface area contributed by atoms with Crippen LogP contribution in [0, 0.1) is 13.8 Å². The molecule has 0 amide bonds. The molecular weight excluding hydrogens is 268 g/mol. The molecule has 1 N–H and O–H groups in total. The first-order chi connectivity index (χ1) is 9.63. The summed E-state index contributed by atoms with van der Waals surface area (Å²) < 4.78 is 0. The van der Waals surface area contributed by atoms with Gasteiger partial charge in [-0.05, 0) is 38.3 Å². The summed E-state index contributed by atoms with van der Waals surface area (Å²) in [5, 5.41) is 3.47. The van der Waals surface area contributed by atoms with Gasteiger partial charge >= 0.3 is 0 Å². The molecule has 0 aliphatic heterocycles. The molecule has 2 aromatic rings. The normalized spacial score (nSPS) is 12.6. The van der Waals surface area contributed by atoms with E-state index < -0.39 is 0 Å². The first-order valence-electron chi connectivity index (χ1n) is 7.08. The summed E-state index contributed by atoms with van der Waals surface area (Å²) in [6, 6.07) is 0. The summed E-state index contributed by atoms with van der Waals surface area (Å²) in [6.07, 6.45) is 2.98. The molecule has 2 heterocycles. The minimum atomic E-state index is 0.428. The largest absolute Gasteiger partial charge is 0.316 e. The maximum Gasteiger partial charge on any atom is 0.171 e. The van der Waals surface area contributed by atoms with E-state index in [1.807, 2.05) is 11.7 Å². The summed E-state index contributed by atoms with van der Waals surface area (Å²) >= 11 is 1.58. The minimum absolute atomic E-state index is 0.428. The molecule has 1 atom stereocenters. The van der Waals surface area contributed by atoms with Crippen molar-refractivity contribution in [2.24, 2.45) is 0 Å².